The number of nitro groups is 1. The van der Waals surface area contributed by atoms with E-state index in [1.165, 1.54) is 29.5 Å². The van der Waals surface area contributed by atoms with Crippen molar-refractivity contribution in [1.29, 1.82) is 0 Å². The summed E-state index contributed by atoms with van der Waals surface area (Å²) in [7, 11) is 0. The van der Waals surface area contributed by atoms with Gasteiger partial charge in [0.25, 0.3) is 11.6 Å². The molecule has 4 rings (SSSR count). The van der Waals surface area contributed by atoms with Gasteiger partial charge in [0.2, 0.25) is 0 Å². The van der Waals surface area contributed by atoms with Gasteiger partial charge in [-0.1, -0.05) is 59.9 Å². The number of anilines is 1. The Morgan fingerprint density at radius 3 is 2.62 bits per heavy atom. The number of benzene rings is 3. The summed E-state index contributed by atoms with van der Waals surface area (Å²) in [5, 5.41) is 11.6. The zero-order chi connectivity index (χ0) is 22.7. The molecule has 6 nitrogen and oxygen atoms in total. The van der Waals surface area contributed by atoms with Crippen LogP contribution in [0.25, 0.3) is 16.3 Å². The van der Waals surface area contributed by atoms with E-state index in [0.29, 0.717) is 17.2 Å². The number of fused-ring (bicyclic) bond motifs is 1. The van der Waals surface area contributed by atoms with Gasteiger partial charge in [-0.05, 0) is 48.2 Å². The fraction of sp³-hybridized carbons (Fsp3) is 0.120. The van der Waals surface area contributed by atoms with Crippen LogP contribution in [-0.2, 0) is 11.3 Å². The number of hydrogen-bond acceptors (Lipinski definition) is 5. The second-order valence-corrected chi connectivity index (χ2v) is 8.50. The standard InChI is InChI=1S/C25H21N3O3S/c1-17-13-18(2)24-22(14-17)26-25(32-24)27(16-20-7-4-3-5-8-20)23(29)12-11-19-9-6-10-21(15-19)28(30)31/h3-15H,16H2,1-2H3/b12-11+. The van der Waals surface area contributed by atoms with Crippen LogP contribution in [0.2, 0.25) is 0 Å². The Kier molecular flexibility index (Phi) is 6.09. The molecule has 4 aromatic rings. The minimum absolute atomic E-state index is 0.0160. The highest BCUT2D eigenvalue weighted by atomic mass is 32.1. The van der Waals surface area contributed by atoms with E-state index < -0.39 is 4.92 Å². The molecule has 0 radical (unpaired) electrons. The first-order chi connectivity index (χ1) is 15.4. The van der Waals surface area contributed by atoms with Gasteiger partial charge in [0, 0.05) is 18.2 Å². The van der Waals surface area contributed by atoms with Crippen LogP contribution in [0.5, 0.6) is 0 Å². The summed E-state index contributed by atoms with van der Waals surface area (Å²) in [6.45, 7) is 4.44. The van der Waals surface area contributed by atoms with Gasteiger partial charge in [-0.3, -0.25) is 19.8 Å². The number of nitro benzene ring substituents is 1. The fourth-order valence-electron chi connectivity index (χ4n) is 3.49. The van der Waals surface area contributed by atoms with Crippen LogP contribution in [0, 0.1) is 24.0 Å². The second-order valence-electron chi connectivity index (χ2n) is 7.52. The Morgan fingerprint density at radius 1 is 1.09 bits per heavy atom. The van der Waals surface area contributed by atoms with E-state index in [2.05, 4.69) is 6.07 Å². The van der Waals surface area contributed by atoms with Crippen LogP contribution in [0.15, 0.2) is 72.8 Å². The van der Waals surface area contributed by atoms with Crippen molar-refractivity contribution in [2.24, 2.45) is 0 Å². The average Bonchev–Trinajstić information content (AvgIpc) is 3.21. The molecule has 0 N–H and O–H groups in total. The highest BCUT2D eigenvalue weighted by molar-refractivity contribution is 7.22. The van der Waals surface area contributed by atoms with Gasteiger partial charge in [-0.25, -0.2) is 4.98 Å². The van der Waals surface area contributed by atoms with E-state index in [0.717, 1.165) is 26.9 Å². The number of thiazole rings is 1. The molecule has 0 bridgehead atoms. The fourth-order valence-corrected chi connectivity index (χ4v) is 4.51. The van der Waals surface area contributed by atoms with Crippen LogP contribution >= 0.6 is 11.3 Å². The maximum absolute atomic E-state index is 13.2. The van der Waals surface area contributed by atoms with Crippen molar-refractivity contribution >= 4 is 44.4 Å². The maximum Gasteiger partial charge on any atom is 0.270 e. The van der Waals surface area contributed by atoms with E-state index in [1.807, 2.05) is 50.2 Å². The lowest BCUT2D eigenvalue weighted by atomic mass is 10.1. The van der Waals surface area contributed by atoms with E-state index in [9.17, 15) is 14.9 Å². The maximum atomic E-state index is 13.2. The number of aryl methyl sites for hydroxylation is 2. The highest BCUT2D eigenvalue weighted by Gasteiger charge is 2.19. The number of rotatable bonds is 6. The minimum Gasteiger partial charge on any atom is -0.280 e. The van der Waals surface area contributed by atoms with E-state index in [4.69, 9.17) is 4.98 Å². The Morgan fingerprint density at radius 2 is 1.88 bits per heavy atom. The molecule has 160 valence electrons. The summed E-state index contributed by atoms with van der Waals surface area (Å²) in [6, 6.07) is 20.0. The number of hydrogen-bond donors (Lipinski definition) is 0. The molecule has 1 amide bonds. The molecule has 32 heavy (non-hydrogen) atoms. The third-order valence-electron chi connectivity index (χ3n) is 4.99. The Bertz CT molecular complexity index is 1330. The summed E-state index contributed by atoms with van der Waals surface area (Å²) in [6.07, 6.45) is 3.03. The minimum atomic E-state index is -0.452. The van der Waals surface area contributed by atoms with E-state index >= 15 is 0 Å². The molecule has 0 unspecified atom stereocenters. The van der Waals surface area contributed by atoms with Crippen molar-refractivity contribution in [2.45, 2.75) is 20.4 Å². The molecular formula is C25H21N3O3S. The molecule has 0 atom stereocenters. The molecule has 0 aliphatic heterocycles. The van der Waals surface area contributed by atoms with Gasteiger partial charge in [0.15, 0.2) is 5.13 Å². The van der Waals surface area contributed by atoms with Gasteiger partial charge in [0.05, 0.1) is 21.7 Å². The number of carbonyl (C=O) groups excluding carboxylic acids is 1. The van der Waals surface area contributed by atoms with Crippen LogP contribution in [0.3, 0.4) is 0 Å². The lowest BCUT2D eigenvalue weighted by Gasteiger charge is -2.18. The zero-order valence-corrected chi connectivity index (χ0v) is 18.5. The number of aromatic nitrogens is 1. The summed E-state index contributed by atoms with van der Waals surface area (Å²) >= 11 is 1.49. The quantitative estimate of drug-likeness (QED) is 0.206. The van der Waals surface area contributed by atoms with Gasteiger partial charge < -0.3 is 0 Å². The van der Waals surface area contributed by atoms with Crippen molar-refractivity contribution in [1.82, 2.24) is 4.98 Å². The highest BCUT2D eigenvalue weighted by Crippen LogP contribution is 2.33. The first kappa shape index (κ1) is 21.4. The molecule has 1 heterocycles. The first-order valence-corrected chi connectivity index (χ1v) is 10.9. The monoisotopic (exact) mass is 443 g/mol. The van der Waals surface area contributed by atoms with E-state index in [-0.39, 0.29) is 11.6 Å². The predicted octanol–water partition coefficient (Wildman–Crippen LogP) is 6.07. The van der Waals surface area contributed by atoms with Crippen LogP contribution in [0.4, 0.5) is 10.8 Å². The first-order valence-electron chi connectivity index (χ1n) is 10.1. The van der Waals surface area contributed by atoms with Crippen LogP contribution in [0.1, 0.15) is 22.3 Å². The molecule has 0 aliphatic rings. The Hall–Kier alpha value is -3.84. The molecular weight excluding hydrogens is 422 g/mol. The number of carbonyl (C=O) groups is 1. The SMILES string of the molecule is Cc1cc(C)c2sc(N(Cc3ccccc3)C(=O)/C=C/c3cccc([N+](=O)[O-])c3)nc2c1. The Labute approximate surface area is 189 Å². The molecule has 0 saturated heterocycles. The molecule has 0 fully saturated rings. The van der Waals surface area contributed by atoms with Crippen molar-refractivity contribution in [3.8, 4) is 0 Å². The largest absolute Gasteiger partial charge is 0.280 e. The lowest BCUT2D eigenvalue weighted by Crippen LogP contribution is -2.28. The molecule has 1 aromatic heterocycles. The smallest absolute Gasteiger partial charge is 0.270 e. The molecule has 0 spiro atoms. The normalized spacial score (nSPS) is 11.2. The topological polar surface area (TPSA) is 76.3 Å². The van der Waals surface area contributed by atoms with E-state index in [1.54, 1.807) is 23.1 Å². The molecule has 0 aliphatic carbocycles. The third kappa shape index (κ3) is 4.73. The summed E-state index contributed by atoms with van der Waals surface area (Å²) in [5.74, 6) is -0.242. The summed E-state index contributed by atoms with van der Waals surface area (Å²) in [4.78, 5) is 30.2. The number of non-ortho nitro benzene ring substituents is 1. The Balaban J connectivity index is 1.69. The summed E-state index contributed by atoms with van der Waals surface area (Å²) < 4.78 is 1.05. The third-order valence-corrected chi connectivity index (χ3v) is 6.22. The number of nitrogens with zero attached hydrogens (tertiary/aromatic N) is 3. The predicted molar refractivity (Wildman–Crippen MR) is 129 cm³/mol. The van der Waals surface area contributed by atoms with Crippen LogP contribution in [-0.4, -0.2) is 15.8 Å². The van der Waals surface area contributed by atoms with Crippen molar-refractivity contribution < 1.29 is 9.72 Å². The van der Waals surface area contributed by atoms with Crippen molar-refractivity contribution in [3.63, 3.8) is 0 Å². The van der Waals surface area contributed by atoms with Crippen molar-refractivity contribution in [2.75, 3.05) is 4.90 Å². The molecule has 7 heteroatoms. The van der Waals surface area contributed by atoms with Crippen molar-refractivity contribution in [3.05, 3.63) is 105 Å². The summed E-state index contributed by atoms with van der Waals surface area (Å²) in [5.41, 5.74) is 4.68. The molecule has 3 aromatic carbocycles. The van der Waals surface area contributed by atoms with Gasteiger partial charge in [0.1, 0.15) is 0 Å². The van der Waals surface area contributed by atoms with Crippen LogP contribution < -0.4 is 4.90 Å². The van der Waals surface area contributed by atoms with Gasteiger partial charge in [-0.15, -0.1) is 0 Å². The zero-order valence-electron chi connectivity index (χ0n) is 17.7. The molecule has 0 saturated carbocycles. The number of amides is 1. The lowest BCUT2D eigenvalue weighted by molar-refractivity contribution is -0.384. The average molecular weight is 444 g/mol. The van der Waals surface area contributed by atoms with Gasteiger partial charge in [-0.2, -0.15) is 0 Å². The second kappa shape index (κ2) is 9.11. The van der Waals surface area contributed by atoms with Gasteiger partial charge >= 0.3 is 0 Å².